The van der Waals surface area contributed by atoms with E-state index in [2.05, 4.69) is 29.5 Å². The highest BCUT2D eigenvalue weighted by atomic mass is 35.5. The predicted octanol–water partition coefficient (Wildman–Crippen LogP) is 0.152. The fourth-order valence-electron chi connectivity index (χ4n) is 2.27. The topological polar surface area (TPSA) is 64.6 Å². The van der Waals surface area contributed by atoms with Crippen LogP contribution in [-0.2, 0) is 4.79 Å². The minimum atomic E-state index is -0.377. The van der Waals surface area contributed by atoms with E-state index in [4.69, 9.17) is 0 Å². The number of halogens is 2. The van der Waals surface area contributed by atoms with Crippen LogP contribution in [0, 0.1) is 0 Å². The zero-order chi connectivity index (χ0) is 12.4. The Morgan fingerprint density at radius 3 is 2.58 bits per heavy atom. The van der Waals surface area contributed by atoms with E-state index in [0.29, 0.717) is 31.6 Å². The van der Waals surface area contributed by atoms with Crippen molar-refractivity contribution >= 4 is 30.7 Å². The molecule has 7 heteroatoms. The maximum atomic E-state index is 11.8. The number of nitrogens with zero attached hydrogens (tertiary/aromatic N) is 1. The van der Waals surface area contributed by atoms with Gasteiger partial charge in [0, 0.05) is 25.2 Å². The van der Waals surface area contributed by atoms with Gasteiger partial charge in [0.15, 0.2) is 0 Å². The molecule has 1 amide bonds. The number of hydrogen-bond acceptors (Lipinski definition) is 4. The summed E-state index contributed by atoms with van der Waals surface area (Å²) >= 11 is 0. The number of aliphatic hydroxyl groups excluding tert-OH is 1. The summed E-state index contributed by atoms with van der Waals surface area (Å²) < 4.78 is 0. The highest BCUT2D eigenvalue weighted by Crippen LogP contribution is 2.26. The number of β-amino-alcohol motifs (C(OH)–C–C–N with tert-alkyl or cyclic N) is 1. The molecule has 3 unspecified atom stereocenters. The Balaban J connectivity index is 0.00000162. The smallest absolute Gasteiger partial charge is 0.237 e. The van der Waals surface area contributed by atoms with E-state index >= 15 is 0 Å². The zero-order valence-corrected chi connectivity index (χ0v) is 13.1. The number of carbonyl (C=O) groups is 1. The molecule has 3 atom stereocenters. The van der Waals surface area contributed by atoms with E-state index in [1.807, 2.05) is 0 Å². The van der Waals surface area contributed by atoms with E-state index in [9.17, 15) is 9.90 Å². The molecule has 5 nitrogen and oxygen atoms in total. The van der Waals surface area contributed by atoms with Crippen LogP contribution in [0.3, 0.4) is 0 Å². The van der Waals surface area contributed by atoms with Gasteiger partial charge in [-0.15, -0.1) is 24.8 Å². The van der Waals surface area contributed by atoms with E-state index in [0.717, 1.165) is 0 Å². The highest BCUT2D eigenvalue weighted by molar-refractivity contribution is 5.85. The molecule has 1 aliphatic heterocycles. The van der Waals surface area contributed by atoms with Crippen LogP contribution < -0.4 is 10.6 Å². The van der Waals surface area contributed by atoms with Crippen LogP contribution in [0.2, 0.25) is 0 Å². The number of likely N-dealkylation sites (N-methyl/N-ethyl adjacent to an activating group) is 1. The van der Waals surface area contributed by atoms with Crippen LogP contribution in [0.1, 0.15) is 26.2 Å². The maximum Gasteiger partial charge on any atom is 0.237 e. The van der Waals surface area contributed by atoms with Gasteiger partial charge in [-0.3, -0.25) is 9.69 Å². The fraction of sp³-hybridized carbons (Fsp3) is 0.917. The lowest BCUT2D eigenvalue weighted by atomic mass is 10.2. The number of amides is 1. The summed E-state index contributed by atoms with van der Waals surface area (Å²) in [4.78, 5) is 14.1. The SMILES string of the molecule is CC(CNC(=O)C1CC(O)CN1)N(C)C1CC1.Cl.Cl. The van der Waals surface area contributed by atoms with Crippen molar-refractivity contribution in [3.63, 3.8) is 0 Å². The third kappa shape index (κ3) is 5.44. The second-order valence-corrected chi connectivity index (χ2v) is 5.34. The zero-order valence-electron chi connectivity index (χ0n) is 11.5. The Labute approximate surface area is 127 Å². The molecule has 0 radical (unpaired) electrons. The van der Waals surface area contributed by atoms with Gasteiger partial charge in [-0.1, -0.05) is 0 Å². The minimum absolute atomic E-state index is 0. The molecule has 0 aromatic heterocycles. The third-order valence-corrected chi connectivity index (χ3v) is 3.81. The molecule has 1 saturated carbocycles. The Morgan fingerprint density at radius 1 is 1.47 bits per heavy atom. The van der Waals surface area contributed by atoms with Crippen LogP contribution in [0.4, 0.5) is 0 Å². The lowest BCUT2D eigenvalue weighted by Crippen LogP contribution is -2.46. The molecule has 1 saturated heterocycles. The van der Waals surface area contributed by atoms with Gasteiger partial charge >= 0.3 is 0 Å². The summed E-state index contributed by atoms with van der Waals surface area (Å²) in [6.45, 7) is 3.34. The molecule has 0 spiro atoms. The number of aliphatic hydroxyl groups is 1. The molecule has 1 aliphatic carbocycles. The van der Waals surface area contributed by atoms with Crippen molar-refractivity contribution in [2.24, 2.45) is 0 Å². The van der Waals surface area contributed by atoms with Crippen LogP contribution in [-0.4, -0.2) is 60.3 Å². The number of rotatable bonds is 5. The van der Waals surface area contributed by atoms with Crippen molar-refractivity contribution in [1.29, 1.82) is 0 Å². The number of nitrogens with one attached hydrogen (secondary N) is 2. The molecular formula is C12H25Cl2N3O2. The van der Waals surface area contributed by atoms with Crippen LogP contribution >= 0.6 is 24.8 Å². The van der Waals surface area contributed by atoms with Gasteiger partial charge in [-0.05, 0) is 33.2 Å². The van der Waals surface area contributed by atoms with Gasteiger partial charge in [-0.25, -0.2) is 0 Å². The standard InChI is InChI=1S/C12H23N3O2.2ClH/c1-8(15(2)9-3-4-9)6-14-12(17)11-5-10(16)7-13-11;;/h8-11,13,16H,3-7H2,1-2H3,(H,14,17);2*1H. The van der Waals surface area contributed by atoms with E-state index < -0.39 is 0 Å². The van der Waals surface area contributed by atoms with Crippen molar-refractivity contribution in [3.05, 3.63) is 0 Å². The van der Waals surface area contributed by atoms with E-state index in [1.165, 1.54) is 12.8 Å². The Morgan fingerprint density at radius 2 is 2.11 bits per heavy atom. The molecule has 2 aliphatic rings. The quantitative estimate of drug-likeness (QED) is 0.676. The van der Waals surface area contributed by atoms with E-state index in [1.54, 1.807) is 0 Å². The lowest BCUT2D eigenvalue weighted by molar-refractivity contribution is -0.123. The Kier molecular flexibility index (Phi) is 8.24. The normalized spacial score (nSPS) is 27.4. The fourth-order valence-corrected chi connectivity index (χ4v) is 2.27. The summed E-state index contributed by atoms with van der Waals surface area (Å²) in [6, 6.07) is 0.870. The monoisotopic (exact) mass is 313 g/mol. The average molecular weight is 314 g/mol. The van der Waals surface area contributed by atoms with Gasteiger partial charge in [0.1, 0.15) is 0 Å². The maximum absolute atomic E-state index is 11.8. The first-order valence-corrected chi connectivity index (χ1v) is 6.49. The molecule has 2 fully saturated rings. The van der Waals surface area contributed by atoms with Gasteiger partial charge < -0.3 is 15.7 Å². The predicted molar refractivity (Wildman–Crippen MR) is 80.2 cm³/mol. The third-order valence-electron chi connectivity index (χ3n) is 3.81. The molecule has 0 bridgehead atoms. The first kappa shape index (κ1) is 18.9. The molecule has 3 N–H and O–H groups in total. The van der Waals surface area contributed by atoms with Crippen molar-refractivity contribution < 1.29 is 9.90 Å². The summed E-state index contributed by atoms with van der Waals surface area (Å²) in [7, 11) is 2.12. The summed E-state index contributed by atoms with van der Waals surface area (Å²) in [5, 5.41) is 15.3. The van der Waals surface area contributed by atoms with Crippen molar-refractivity contribution in [2.45, 2.75) is 50.4 Å². The molecule has 1 heterocycles. The minimum Gasteiger partial charge on any atom is -0.392 e. The van der Waals surface area contributed by atoms with Crippen molar-refractivity contribution in [3.8, 4) is 0 Å². The molecular weight excluding hydrogens is 289 g/mol. The molecule has 114 valence electrons. The van der Waals surface area contributed by atoms with Crippen molar-refractivity contribution in [2.75, 3.05) is 20.1 Å². The van der Waals surface area contributed by atoms with Crippen LogP contribution in [0.25, 0.3) is 0 Å². The summed E-state index contributed by atoms with van der Waals surface area (Å²) in [6.07, 6.45) is 2.71. The number of carbonyl (C=O) groups excluding carboxylic acids is 1. The highest BCUT2D eigenvalue weighted by Gasteiger charge is 2.31. The second-order valence-electron chi connectivity index (χ2n) is 5.34. The summed E-state index contributed by atoms with van der Waals surface area (Å²) in [5.41, 5.74) is 0. The van der Waals surface area contributed by atoms with Gasteiger partial charge in [0.05, 0.1) is 12.1 Å². The van der Waals surface area contributed by atoms with Crippen LogP contribution in [0.5, 0.6) is 0 Å². The molecule has 0 aromatic carbocycles. The second kappa shape index (κ2) is 8.27. The molecule has 2 rings (SSSR count). The van der Waals surface area contributed by atoms with Crippen molar-refractivity contribution in [1.82, 2.24) is 15.5 Å². The first-order valence-electron chi connectivity index (χ1n) is 6.49. The van der Waals surface area contributed by atoms with Crippen LogP contribution in [0.15, 0.2) is 0 Å². The average Bonchev–Trinajstić information content (AvgIpc) is 3.07. The molecule has 0 aromatic rings. The first-order chi connectivity index (χ1) is 8.08. The van der Waals surface area contributed by atoms with Gasteiger partial charge in [0.25, 0.3) is 0 Å². The largest absolute Gasteiger partial charge is 0.392 e. The molecule has 19 heavy (non-hydrogen) atoms. The Hall–Kier alpha value is -0.0700. The Bertz CT molecular complexity index is 290. The lowest BCUT2D eigenvalue weighted by Gasteiger charge is -2.25. The van der Waals surface area contributed by atoms with Gasteiger partial charge in [0.2, 0.25) is 5.91 Å². The van der Waals surface area contributed by atoms with Gasteiger partial charge in [-0.2, -0.15) is 0 Å². The summed E-state index contributed by atoms with van der Waals surface area (Å²) in [5.74, 6) is 0.0117. The number of hydrogen-bond donors (Lipinski definition) is 3. The van der Waals surface area contributed by atoms with E-state index in [-0.39, 0.29) is 42.9 Å².